The van der Waals surface area contributed by atoms with Crippen molar-refractivity contribution in [2.24, 2.45) is 16.7 Å². The first-order chi connectivity index (χ1) is 15.5. The van der Waals surface area contributed by atoms with Crippen molar-refractivity contribution in [2.75, 3.05) is 0 Å². The molecule has 0 saturated heterocycles. The van der Waals surface area contributed by atoms with E-state index in [0.717, 1.165) is 0 Å². The van der Waals surface area contributed by atoms with Gasteiger partial charge in [-0.15, -0.1) is 0 Å². The first kappa shape index (κ1) is 25.1. The molecule has 0 amide bonds. The minimum absolute atomic E-state index is 0.106. The Balaban J connectivity index is 1.98. The fourth-order valence-electron chi connectivity index (χ4n) is 4.57. The Labute approximate surface area is 207 Å². The van der Waals surface area contributed by atoms with Gasteiger partial charge in [-0.3, -0.25) is 9.59 Å². The molecular formula is C26H26BrNO4S. The van der Waals surface area contributed by atoms with Crippen molar-refractivity contribution in [1.82, 2.24) is 0 Å². The van der Waals surface area contributed by atoms with Crippen LogP contribution in [0.4, 0.5) is 0 Å². The molecule has 7 heteroatoms. The van der Waals surface area contributed by atoms with Gasteiger partial charge in [-0.1, -0.05) is 75.9 Å². The van der Waals surface area contributed by atoms with Crippen LogP contribution in [0.1, 0.15) is 39.2 Å². The molecule has 1 aliphatic rings. The van der Waals surface area contributed by atoms with Crippen LogP contribution in [0.3, 0.4) is 0 Å². The van der Waals surface area contributed by atoms with Crippen LogP contribution in [0.5, 0.6) is 11.5 Å². The first-order valence-corrected chi connectivity index (χ1v) is 12.3. The molecule has 1 N–H and O–H groups in total. The van der Waals surface area contributed by atoms with E-state index in [1.165, 1.54) is 11.8 Å². The van der Waals surface area contributed by atoms with Gasteiger partial charge in [-0.05, 0) is 51.2 Å². The van der Waals surface area contributed by atoms with Gasteiger partial charge in [0.2, 0.25) is 5.12 Å². The number of aliphatic carboxylic acids is 1. The van der Waals surface area contributed by atoms with Crippen molar-refractivity contribution in [3.8, 4) is 17.6 Å². The van der Waals surface area contributed by atoms with Gasteiger partial charge in [-0.2, -0.15) is 5.26 Å². The van der Waals surface area contributed by atoms with E-state index in [1.807, 2.05) is 58.0 Å². The molecule has 2 aromatic rings. The molecule has 1 fully saturated rings. The number of para-hydroxylation sites is 1. The van der Waals surface area contributed by atoms with Crippen LogP contribution >= 0.6 is 27.7 Å². The molecule has 3 atom stereocenters. The second kappa shape index (κ2) is 9.74. The van der Waals surface area contributed by atoms with Gasteiger partial charge in [0.1, 0.15) is 16.9 Å². The molecule has 0 aliphatic heterocycles. The van der Waals surface area contributed by atoms with E-state index in [9.17, 15) is 20.0 Å². The van der Waals surface area contributed by atoms with Crippen LogP contribution < -0.4 is 4.74 Å². The molecule has 1 unspecified atom stereocenters. The number of benzene rings is 2. The second-order valence-corrected chi connectivity index (χ2v) is 11.3. The summed E-state index contributed by atoms with van der Waals surface area (Å²) in [6.07, 6.45) is 1.67. The molecule has 0 spiro atoms. The SMILES string of the molecule is CC(C)SC(=O)C(Br)=C[C@H]1C(C)(C)[C@]1(C(=O)O)C(C#N)c1cccc(Oc2ccccc2)c1. The molecule has 5 nitrogen and oxygen atoms in total. The number of rotatable bonds is 8. The van der Waals surface area contributed by atoms with Gasteiger partial charge in [0.05, 0.1) is 16.5 Å². The number of allylic oxidation sites excluding steroid dienone is 1. The monoisotopic (exact) mass is 527 g/mol. The molecule has 0 heterocycles. The number of carbonyl (C=O) groups is 2. The zero-order valence-corrected chi connectivity index (χ0v) is 21.3. The van der Waals surface area contributed by atoms with Gasteiger partial charge >= 0.3 is 5.97 Å². The molecule has 0 bridgehead atoms. The van der Waals surface area contributed by atoms with Crippen LogP contribution in [0, 0.1) is 28.1 Å². The van der Waals surface area contributed by atoms with Crippen LogP contribution in [-0.2, 0) is 9.59 Å². The van der Waals surface area contributed by atoms with Gasteiger partial charge in [0.15, 0.2) is 0 Å². The highest BCUT2D eigenvalue weighted by atomic mass is 79.9. The summed E-state index contributed by atoms with van der Waals surface area (Å²) in [5.41, 5.74) is -1.55. The lowest BCUT2D eigenvalue weighted by molar-refractivity contribution is -0.145. The Morgan fingerprint density at radius 2 is 1.79 bits per heavy atom. The highest BCUT2D eigenvalue weighted by Gasteiger charge is 2.78. The number of nitrogens with zero attached hydrogens (tertiary/aromatic N) is 1. The maximum atomic E-state index is 12.7. The topological polar surface area (TPSA) is 87.4 Å². The maximum absolute atomic E-state index is 12.7. The number of thioether (sulfide) groups is 1. The minimum Gasteiger partial charge on any atom is -0.481 e. The molecular weight excluding hydrogens is 502 g/mol. The second-order valence-electron chi connectivity index (χ2n) is 8.89. The maximum Gasteiger partial charge on any atom is 0.312 e. The lowest BCUT2D eigenvalue weighted by atomic mass is 9.78. The third kappa shape index (κ3) is 4.73. The van der Waals surface area contributed by atoms with Crippen molar-refractivity contribution >= 4 is 38.8 Å². The minimum atomic E-state index is -1.38. The van der Waals surface area contributed by atoms with E-state index in [1.54, 1.807) is 30.3 Å². The molecule has 1 aliphatic carbocycles. The Bertz CT molecular complexity index is 1120. The summed E-state index contributed by atoms with van der Waals surface area (Å²) in [7, 11) is 0. The smallest absolute Gasteiger partial charge is 0.312 e. The lowest BCUT2D eigenvalue weighted by Crippen LogP contribution is -2.28. The Morgan fingerprint density at radius 1 is 1.15 bits per heavy atom. The van der Waals surface area contributed by atoms with Crippen LogP contribution in [0.2, 0.25) is 0 Å². The normalized spacial score (nSPS) is 22.3. The molecule has 172 valence electrons. The summed E-state index contributed by atoms with van der Waals surface area (Å²) in [5, 5.41) is 20.4. The van der Waals surface area contributed by atoms with Gasteiger partial charge in [-0.25, -0.2) is 0 Å². The fraction of sp³-hybridized carbons (Fsp3) is 0.346. The Kier molecular flexibility index (Phi) is 7.40. The average molecular weight is 528 g/mol. The summed E-state index contributed by atoms with van der Waals surface area (Å²) < 4.78 is 6.23. The standard InChI is InChI=1S/C26H26BrNO4S/c1-16(2)33-23(29)21(27)14-22-25(3,4)26(22,24(30)31)20(15-28)17-9-8-12-19(13-17)32-18-10-6-5-7-11-18/h5-14,16,20,22H,1-4H3,(H,30,31)/t20?,22-,26+/m0/s1. The highest BCUT2D eigenvalue weighted by molar-refractivity contribution is 9.12. The van der Waals surface area contributed by atoms with E-state index in [-0.39, 0.29) is 10.4 Å². The molecule has 0 radical (unpaired) electrons. The number of carboxylic acid groups (broad SMARTS) is 1. The number of nitriles is 1. The van der Waals surface area contributed by atoms with E-state index < -0.39 is 28.6 Å². The quantitative estimate of drug-likeness (QED) is 0.381. The molecule has 33 heavy (non-hydrogen) atoms. The number of carbonyl (C=O) groups excluding carboxylic acids is 1. The zero-order valence-electron chi connectivity index (χ0n) is 18.9. The van der Waals surface area contributed by atoms with E-state index in [4.69, 9.17) is 4.74 Å². The molecule has 3 rings (SSSR count). The van der Waals surface area contributed by atoms with E-state index in [2.05, 4.69) is 22.0 Å². The number of halogens is 1. The van der Waals surface area contributed by atoms with Crippen molar-refractivity contribution in [1.29, 1.82) is 5.26 Å². The van der Waals surface area contributed by atoms with Gasteiger partial charge < -0.3 is 9.84 Å². The van der Waals surface area contributed by atoms with Crippen LogP contribution in [-0.4, -0.2) is 21.4 Å². The predicted molar refractivity (Wildman–Crippen MR) is 133 cm³/mol. The van der Waals surface area contributed by atoms with Gasteiger partial charge in [0.25, 0.3) is 0 Å². The predicted octanol–water partition coefficient (Wildman–Crippen LogP) is 6.76. The molecule has 0 aromatic heterocycles. The Hall–Kier alpha value is -2.56. The van der Waals surface area contributed by atoms with Gasteiger partial charge in [0, 0.05) is 11.2 Å². The van der Waals surface area contributed by atoms with Crippen LogP contribution in [0.15, 0.2) is 65.2 Å². The summed E-state index contributed by atoms with van der Waals surface area (Å²) in [5.74, 6) is -1.32. The van der Waals surface area contributed by atoms with Crippen molar-refractivity contribution in [3.63, 3.8) is 0 Å². The lowest BCUT2D eigenvalue weighted by Gasteiger charge is -2.22. The van der Waals surface area contributed by atoms with E-state index in [0.29, 0.717) is 21.5 Å². The number of carboxylic acids is 1. The first-order valence-electron chi connectivity index (χ1n) is 10.6. The summed E-state index contributed by atoms with van der Waals surface area (Å²) in [6.45, 7) is 7.50. The van der Waals surface area contributed by atoms with Crippen LogP contribution in [0.25, 0.3) is 0 Å². The largest absolute Gasteiger partial charge is 0.481 e. The summed E-state index contributed by atoms with van der Waals surface area (Å²) in [4.78, 5) is 25.1. The third-order valence-corrected chi connectivity index (χ3v) is 8.00. The Morgan fingerprint density at radius 3 is 2.36 bits per heavy atom. The molecule has 2 aromatic carbocycles. The summed E-state index contributed by atoms with van der Waals surface area (Å²) >= 11 is 4.51. The van der Waals surface area contributed by atoms with Crippen molar-refractivity contribution in [3.05, 3.63) is 70.7 Å². The van der Waals surface area contributed by atoms with E-state index >= 15 is 0 Å². The molecule has 1 saturated carbocycles. The van der Waals surface area contributed by atoms with Crippen molar-refractivity contribution in [2.45, 2.75) is 38.9 Å². The number of ether oxygens (including phenoxy) is 1. The number of hydrogen-bond acceptors (Lipinski definition) is 5. The average Bonchev–Trinajstić information content (AvgIpc) is 3.24. The highest BCUT2D eigenvalue weighted by Crippen LogP contribution is 2.75. The summed E-state index contributed by atoms with van der Waals surface area (Å²) in [6, 6.07) is 18.5. The fourth-order valence-corrected chi connectivity index (χ4v) is 5.72. The van der Waals surface area contributed by atoms with Crippen molar-refractivity contribution < 1.29 is 19.4 Å². The number of hydrogen-bond donors (Lipinski definition) is 1. The zero-order chi connectivity index (χ0) is 24.4. The third-order valence-electron chi connectivity index (χ3n) is 6.21.